The second-order valence-electron chi connectivity index (χ2n) is 23.8. The van der Waals surface area contributed by atoms with Gasteiger partial charge in [-0.25, -0.2) is 0 Å². The summed E-state index contributed by atoms with van der Waals surface area (Å²) >= 11 is 0. The Labute approximate surface area is 426 Å². The van der Waals surface area contributed by atoms with E-state index < -0.39 is 148 Å². The molecule has 13 N–H and O–H groups in total. The van der Waals surface area contributed by atoms with Crippen LogP contribution in [0.5, 0.6) is 0 Å². The van der Waals surface area contributed by atoms with Crippen LogP contribution in [0.2, 0.25) is 0 Å². The molecule has 0 amide bonds. The van der Waals surface area contributed by atoms with Gasteiger partial charge in [0.15, 0.2) is 30.9 Å². The smallest absolute Gasteiger partial charge is 0.187 e. The zero-order valence-electron chi connectivity index (χ0n) is 42.7. The topological polar surface area (TPSA) is 346 Å². The number of rotatable bonds is 14. The molecule has 9 aliphatic rings. The van der Waals surface area contributed by atoms with Crippen LogP contribution in [0.25, 0.3) is 0 Å². The molecule has 22 nitrogen and oxygen atoms in total. The van der Waals surface area contributed by atoms with Crippen molar-refractivity contribution in [3.8, 4) is 0 Å². The van der Waals surface area contributed by atoms with Crippen LogP contribution in [0, 0.1) is 46.3 Å². The second kappa shape index (κ2) is 21.8. The highest BCUT2D eigenvalue weighted by atomic mass is 16.8. The van der Waals surface area contributed by atoms with Crippen molar-refractivity contribution in [2.24, 2.45) is 46.3 Å². The molecule has 0 aromatic heterocycles. The third-order valence-electron chi connectivity index (χ3n) is 19.5. The number of hydrogen-bond acceptors (Lipinski definition) is 22. The SMILES string of the molecule is C[C@@H](CCC1(O)O[C@H]2C[C@H]3[C@@H]4CC=C5C[C@@H](O[C@@H]6O[C@H](CO)[C@@H](OC7O[C@@H](C)[C@H](O)[C@@H](O)[C@H]7O)[C@H](O)[C@H]6O[C@@H]6O[C@@H](C)[C@H](O)[C@@H](O)[C@H]6O)CC[C@]5(C)[C@H]4CC[C@]3(C)[C@H]2[C@@H]1C)CO[C@@H]1O[C@H](CO)[C@@H](O)[C@H](O)[C@H]1O. The van der Waals surface area contributed by atoms with Gasteiger partial charge in [-0.15, -0.1) is 0 Å². The Morgan fingerprint density at radius 2 is 1.23 bits per heavy atom. The highest BCUT2D eigenvalue weighted by Gasteiger charge is 2.68. The van der Waals surface area contributed by atoms with Crippen molar-refractivity contribution in [3.63, 3.8) is 0 Å². The van der Waals surface area contributed by atoms with E-state index in [2.05, 4.69) is 26.8 Å². The van der Waals surface area contributed by atoms with Crippen molar-refractivity contribution in [1.82, 2.24) is 0 Å². The normalized spacial score (nSPS) is 55.5. The van der Waals surface area contributed by atoms with Gasteiger partial charge in [0.05, 0.1) is 44.2 Å². The third kappa shape index (κ3) is 10.2. The molecule has 4 aliphatic carbocycles. The average molecular weight is 1050 g/mol. The largest absolute Gasteiger partial charge is 0.394 e. The van der Waals surface area contributed by atoms with Gasteiger partial charge >= 0.3 is 0 Å². The molecule has 0 aromatic rings. The second-order valence-corrected chi connectivity index (χ2v) is 23.8. The highest BCUT2D eigenvalue weighted by Crippen LogP contribution is 2.70. The van der Waals surface area contributed by atoms with E-state index in [0.717, 1.165) is 32.1 Å². The van der Waals surface area contributed by atoms with Crippen LogP contribution in [0.3, 0.4) is 0 Å². The Hall–Kier alpha value is -1.14. The zero-order valence-corrected chi connectivity index (χ0v) is 42.7. The number of aliphatic hydroxyl groups excluding tert-OH is 12. The standard InChI is InChI=1S/C51H84O22/c1-20(19-65-45-39(60)38(59)35(56)30(17-52)69-45)9-14-51(64)21(2)32-29(73-51)16-28-26-8-7-24-15-25(10-12-49(24,5)27(26)11-13-50(28,32)6)68-48-44(72-47-41(62)37(58)34(55)23(4)67-47)42(63)43(31(18-53)70-48)71-46-40(61)36(57)33(54)22(3)66-46/h7,20-23,25-48,52-64H,8-19H2,1-6H3/t20-,21-,22-,23-,25-,26+,27-,28-,29-,30+,31+,32-,33-,34-,35+,36+,37+,38-,39+,40+,41+,42-,43+,44+,45+,46?,47-,48+,49-,50-,51?/m0/s1. The minimum absolute atomic E-state index is 0.0589. The fourth-order valence-electron chi connectivity index (χ4n) is 14.9. The predicted octanol–water partition coefficient (Wildman–Crippen LogP) is -1.98. The summed E-state index contributed by atoms with van der Waals surface area (Å²) in [6.45, 7) is 10.7. The van der Waals surface area contributed by atoms with E-state index in [1.54, 1.807) is 0 Å². The first-order valence-corrected chi connectivity index (χ1v) is 26.8. The van der Waals surface area contributed by atoms with Gasteiger partial charge in [0, 0.05) is 12.3 Å². The minimum Gasteiger partial charge on any atom is -0.394 e. The average Bonchev–Trinajstić information content (AvgIpc) is 3.80. The summed E-state index contributed by atoms with van der Waals surface area (Å²) in [5.41, 5.74) is 1.07. The molecule has 8 fully saturated rings. The van der Waals surface area contributed by atoms with E-state index in [9.17, 15) is 66.4 Å². The number of fused-ring (bicyclic) bond motifs is 7. The molecule has 5 heterocycles. The molecule has 0 radical (unpaired) electrons. The molecule has 31 atom stereocenters. The lowest BCUT2D eigenvalue weighted by Crippen LogP contribution is -2.66. The van der Waals surface area contributed by atoms with E-state index in [1.165, 1.54) is 19.4 Å². The van der Waals surface area contributed by atoms with E-state index in [0.29, 0.717) is 43.4 Å². The summed E-state index contributed by atoms with van der Waals surface area (Å²) in [6, 6.07) is 0. The fourth-order valence-corrected chi connectivity index (χ4v) is 14.9. The number of ether oxygens (including phenoxy) is 9. The van der Waals surface area contributed by atoms with Crippen molar-refractivity contribution >= 4 is 0 Å². The van der Waals surface area contributed by atoms with Gasteiger partial charge in [-0.05, 0) is 106 Å². The van der Waals surface area contributed by atoms with E-state index in [1.807, 2.05) is 6.92 Å². The first-order valence-electron chi connectivity index (χ1n) is 26.8. The molecule has 0 bridgehead atoms. The highest BCUT2D eigenvalue weighted by molar-refractivity contribution is 5.26. The lowest BCUT2D eigenvalue weighted by molar-refractivity contribution is -0.388. The summed E-state index contributed by atoms with van der Waals surface area (Å²) in [4.78, 5) is 0. The first-order chi connectivity index (χ1) is 34.5. The maximum atomic E-state index is 12.1. The molecular formula is C51H84O22. The van der Waals surface area contributed by atoms with Crippen molar-refractivity contribution < 1.29 is 109 Å². The molecule has 0 spiro atoms. The van der Waals surface area contributed by atoms with Crippen LogP contribution in [-0.4, -0.2) is 227 Å². The monoisotopic (exact) mass is 1050 g/mol. The van der Waals surface area contributed by atoms with Gasteiger partial charge in [0.2, 0.25) is 0 Å². The molecule has 9 rings (SSSR count). The molecule has 3 saturated carbocycles. The molecule has 73 heavy (non-hydrogen) atoms. The van der Waals surface area contributed by atoms with Crippen molar-refractivity contribution in [2.75, 3.05) is 19.8 Å². The Balaban J connectivity index is 0.846. The van der Waals surface area contributed by atoms with Crippen LogP contribution in [-0.2, 0) is 42.6 Å². The van der Waals surface area contributed by atoms with Crippen LogP contribution >= 0.6 is 0 Å². The summed E-state index contributed by atoms with van der Waals surface area (Å²) < 4.78 is 54.6. The number of allylic oxidation sites excluding steroid dienone is 1. The summed E-state index contributed by atoms with van der Waals surface area (Å²) in [5.74, 6) is -0.232. The summed E-state index contributed by atoms with van der Waals surface area (Å²) in [7, 11) is 0. The van der Waals surface area contributed by atoms with Gasteiger partial charge < -0.3 is 109 Å². The fraction of sp³-hybridized carbons (Fsp3) is 0.961. The van der Waals surface area contributed by atoms with Crippen molar-refractivity contribution in [2.45, 2.75) is 240 Å². The Bertz CT molecular complexity index is 1900. The lowest BCUT2D eigenvalue weighted by Gasteiger charge is -2.58. The lowest BCUT2D eigenvalue weighted by atomic mass is 9.47. The molecule has 5 aliphatic heterocycles. The quantitative estimate of drug-likeness (QED) is 0.0839. The Kier molecular flexibility index (Phi) is 16.9. The summed E-state index contributed by atoms with van der Waals surface area (Å²) in [5, 5.41) is 139. The number of hydrogen-bond donors (Lipinski definition) is 13. The van der Waals surface area contributed by atoms with E-state index in [-0.39, 0.29) is 41.3 Å². The molecule has 2 unspecified atom stereocenters. The number of aliphatic hydroxyl groups is 13. The molecule has 420 valence electrons. The van der Waals surface area contributed by atoms with Gasteiger partial charge in [0.25, 0.3) is 0 Å². The van der Waals surface area contributed by atoms with Crippen molar-refractivity contribution in [3.05, 3.63) is 11.6 Å². The molecule has 5 saturated heterocycles. The predicted molar refractivity (Wildman–Crippen MR) is 249 cm³/mol. The van der Waals surface area contributed by atoms with Gasteiger partial charge in [-0.3, -0.25) is 0 Å². The van der Waals surface area contributed by atoms with Crippen LogP contribution in [0.1, 0.15) is 99.3 Å². The Morgan fingerprint density at radius 1 is 0.644 bits per heavy atom. The summed E-state index contributed by atoms with van der Waals surface area (Å²) in [6.07, 6.45) is -20.5. The van der Waals surface area contributed by atoms with Crippen LogP contribution < -0.4 is 0 Å². The van der Waals surface area contributed by atoms with Gasteiger partial charge in [-0.2, -0.15) is 0 Å². The molecular weight excluding hydrogens is 965 g/mol. The van der Waals surface area contributed by atoms with Crippen LogP contribution in [0.15, 0.2) is 11.6 Å². The van der Waals surface area contributed by atoms with E-state index >= 15 is 0 Å². The zero-order chi connectivity index (χ0) is 52.8. The maximum Gasteiger partial charge on any atom is 0.187 e. The minimum atomic E-state index is -1.75. The maximum absolute atomic E-state index is 12.1. The third-order valence-corrected chi connectivity index (χ3v) is 19.5. The van der Waals surface area contributed by atoms with Crippen LogP contribution in [0.4, 0.5) is 0 Å². The molecule has 22 heteroatoms. The Morgan fingerprint density at radius 3 is 1.86 bits per heavy atom. The van der Waals surface area contributed by atoms with Gasteiger partial charge in [-0.1, -0.05) is 39.3 Å². The molecule has 0 aromatic carbocycles. The first kappa shape index (κ1) is 56.6. The van der Waals surface area contributed by atoms with E-state index in [4.69, 9.17) is 42.6 Å². The van der Waals surface area contributed by atoms with Gasteiger partial charge in [0.1, 0.15) is 85.5 Å². The van der Waals surface area contributed by atoms with Crippen molar-refractivity contribution in [1.29, 1.82) is 0 Å².